The fourth-order valence-electron chi connectivity index (χ4n) is 2.29. The number of rotatable bonds is 2. The molecule has 0 aromatic rings. The first-order valence-corrected chi connectivity index (χ1v) is 5.76. The standard InChI is InChI=1S/C11H14N2O5/c1-6-8(15)12-7(14)5-13(6)9(16)11(10(17)18)3-2-4-11/h6H,2-5H2,1H3,(H,17,18)(H,12,14,15). The van der Waals surface area contributed by atoms with Crippen molar-refractivity contribution in [1.29, 1.82) is 0 Å². The molecule has 3 amide bonds. The van der Waals surface area contributed by atoms with E-state index in [1.54, 1.807) is 0 Å². The van der Waals surface area contributed by atoms with Gasteiger partial charge in [0.25, 0.3) is 0 Å². The number of piperazine rings is 1. The van der Waals surface area contributed by atoms with Crippen LogP contribution in [0.2, 0.25) is 0 Å². The summed E-state index contributed by atoms with van der Waals surface area (Å²) in [5.74, 6) is -2.95. The quantitative estimate of drug-likeness (QED) is 0.491. The Morgan fingerprint density at radius 3 is 2.44 bits per heavy atom. The number of amides is 3. The lowest BCUT2D eigenvalue weighted by molar-refractivity contribution is -0.172. The largest absolute Gasteiger partial charge is 0.480 e. The first-order valence-electron chi connectivity index (χ1n) is 5.76. The Bertz CT molecular complexity index is 441. The fraction of sp³-hybridized carbons (Fsp3) is 0.636. The summed E-state index contributed by atoms with van der Waals surface area (Å²) in [6, 6.07) is -0.813. The lowest BCUT2D eigenvalue weighted by atomic mass is 9.67. The summed E-state index contributed by atoms with van der Waals surface area (Å²) >= 11 is 0. The molecule has 0 radical (unpaired) electrons. The highest BCUT2D eigenvalue weighted by atomic mass is 16.4. The molecule has 1 heterocycles. The van der Waals surface area contributed by atoms with Crippen LogP contribution in [-0.2, 0) is 19.2 Å². The number of nitrogens with one attached hydrogen (secondary N) is 1. The van der Waals surface area contributed by atoms with Crippen LogP contribution in [0.4, 0.5) is 0 Å². The van der Waals surface area contributed by atoms with Crippen LogP contribution >= 0.6 is 0 Å². The van der Waals surface area contributed by atoms with E-state index in [2.05, 4.69) is 5.32 Å². The highest BCUT2D eigenvalue weighted by molar-refractivity contribution is 6.09. The Balaban J connectivity index is 2.24. The number of nitrogens with zero attached hydrogens (tertiary/aromatic N) is 1. The highest BCUT2D eigenvalue weighted by Crippen LogP contribution is 2.43. The monoisotopic (exact) mass is 254 g/mol. The minimum absolute atomic E-state index is 0.263. The maximum Gasteiger partial charge on any atom is 0.319 e. The lowest BCUT2D eigenvalue weighted by Crippen LogP contribution is -2.63. The van der Waals surface area contributed by atoms with Crippen LogP contribution in [-0.4, -0.2) is 46.3 Å². The smallest absolute Gasteiger partial charge is 0.319 e. The minimum Gasteiger partial charge on any atom is -0.480 e. The summed E-state index contributed by atoms with van der Waals surface area (Å²) in [5.41, 5.74) is -1.44. The molecular weight excluding hydrogens is 240 g/mol. The average molecular weight is 254 g/mol. The van der Waals surface area contributed by atoms with Crippen LogP contribution in [0.25, 0.3) is 0 Å². The van der Waals surface area contributed by atoms with Gasteiger partial charge in [0.15, 0.2) is 0 Å². The van der Waals surface area contributed by atoms with Crippen molar-refractivity contribution < 1.29 is 24.3 Å². The SMILES string of the molecule is CC1C(=O)NC(=O)CN1C(=O)C1(C(=O)O)CCC1. The van der Waals surface area contributed by atoms with E-state index in [0.717, 1.165) is 4.90 Å². The molecule has 7 nitrogen and oxygen atoms in total. The number of carboxylic acid groups (broad SMARTS) is 1. The van der Waals surface area contributed by atoms with Crippen LogP contribution in [0, 0.1) is 5.41 Å². The van der Waals surface area contributed by atoms with Crippen LogP contribution in [0.3, 0.4) is 0 Å². The van der Waals surface area contributed by atoms with E-state index < -0.39 is 35.1 Å². The molecule has 1 aliphatic heterocycles. The minimum atomic E-state index is -1.44. The Labute approximate surface area is 103 Å². The third-order valence-electron chi connectivity index (χ3n) is 3.71. The van der Waals surface area contributed by atoms with Crippen molar-refractivity contribution >= 4 is 23.7 Å². The molecule has 1 saturated carbocycles. The predicted molar refractivity (Wildman–Crippen MR) is 58.2 cm³/mol. The van der Waals surface area contributed by atoms with E-state index in [-0.39, 0.29) is 19.4 Å². The van der Waals surface area contributed by atoms with Gasteiger partial charge < -0.3 is 10.0 Å². The number of hydrogen-bond acceptors (Lipinski definition) is 4. The Morgan fingerprint density at radius 1 is 1.39 bits per heavy atom. The molecule has 0 spiro atoms. The lowest BCUT2D eigenvalue weighted by Gasteiger charge is -2.42. The molecule has 0 bridgehead atoms. The molecule has 2 fully saturated rings. The molecule has 2 rings (SSSR count). The van der Waals surface area contributed by atoms with Gasteiger partial charge in [-0.3, -0.25) is 24.5 Å². The molecule has 1 atom stereocenters. The van der Waals surface area contributed by atoms with Gasteiger partial charge in [0, 0.05) is 0 Å². The van der Waals surface area contributed by atoms with Gasteiger partial charge in [0.05, 0.1) is 0 Å². The Kier molecular flexibility index (Phi) is 2.84. The fourth-order valence-corrected chi connectivity index (χ4v) is 2.29. The topological polar surface area (TPSA) is 104 Å². The molecule has 2 aliphatic rings. The van der Waals surface area contributed by atoms with E-state index in [0.29, 0.717) is 6.42 Å². The summed E-state index contributed by atoms with van der Waals surface area (Å²) in [7, 11) is 0. The van der Waals surface area contributed by atoms with Crippen molar-refractivity contribution in [2.24, 2.45) is 5.41 Å². The summed E-state index contributed by atoms with van der Waals surface area (Å²) in [6.07, 6.45) is 1.20. The molecule has 1 saturated heterocycles. The molecule has 2 N–H and O–H groups in total. The van der Waals surface area contributed by atoms with Crippen LogP contribution in [0.15, 0.2) is 0 Å². The first kappa shape index (κ1) is 12.5. The molecular formula is C11H14N2O5. The Morgan fingerprint density at radius 2 is 2.00 bits per heavy atom. The molecule has 0 aromatic carbocycles. The summed E-state index contributed by atoms with van der Waals surface area (Å²) in [4.78, 5) is 47.3. The number of carbonyl (C=O) groups is 4. The van der Waals surface area contributed by atoms with Crippen molar-refractivity contribution in [2.45, 2.75) is 32.2 Å². The number of carboxylic acids is 1. The van der Waals surface area contributed by atoms with E-state index in [4.69, 9.17) is 5.11 Å². The second-order valence-corrected chi connectivity index (χ2v) is 4.76. The number of aliphatic carboxylic acids is 1. The predicted octanol–water partition coefficient (Wildman–Crippen LogP) is -0.885. The van der Waals surface area contributed by atoms with Gasteiger partial charge in [-0.15, -0.1) is 0 Å². The van der Waals surface area contributed by atoms with E-state index in [9.17, 15) is 19.2 Å². The molecule has 1 aliphatic carbocycles. The van der Waals surface area contributed by atoms with Gasteiger partial charge in [0.1, 0.15) is 18.0 Å². The summed E-state index contributed by atoms with van der Waals surface area (Å²) in [6.45, 7) is 1.22. The number of hydrogen-bond donors (Lipinski definition) is 2. The van der Waals surface area contributed by atoms with Gasteiger partial charge in [0.2, 0.25) is 17.7 Å². The third kappa shape index (κ3) is 1.66. The van der Waals surface area contributed by atoms with Gasteiger partial charge in [-0.1, -0.05) is 6.42 Å². The van der Waals surface area contributed by atoms with Crippen molar-refractivity contribution in [3.63, 3.8) is 0 Å². The van der Waals surface area contributed by atoms with Crippen LogP contribution < -0.4 is 5.32 Å². The van der Waals surface area contributed by atoms with Gasteiger partial charge in [-0.2, -0.15) is 0 Å². The zero-order chi connectivity index (χ0) is 13.5. The van der Waals surface area contributed by atoms with E-state index in [1.165, 1.54) is 6.92 Å². The molecule has 18 heavy (non-hydrogen) atoms. The van der Waals surface area contributed by atoms with Crippen molar-refractivity contribution in [2.75, 3.05) is 6.54 Å². The maximum absolute atomic E-state index is 12.3. The molecule has 98 valence electrons. The third-order valence-corrected chi connectivity index (χ3v) is 3.71. The zero-order valence-corrected chi connectivity index (χ0v) is 9.93. The van der Waals surface area contributed by atoms with Crippen molar-refractivity contribution in [1.82, 2.24) is 10.2 Å². The molecule has 0 aromatic heterocycles. The highest BCUT2D eigenvalue weighted by Gasteiger charge is 2.54. The second-order valence-electron chi connectivity index (χ2n) is 4.76. The van der Waals surface area contributed by atoms with Crippen LogP contribution in [0.5, 0.6) is 0 Å². The normalized spacial score (nSPS) is 26.3. The number of carbonyl (C=O) groups excluding carboxylic acids is 3. The maximum atomic E-state index is 12.3. The average Bonchev–Trinajstić information content (AvgIpc) is 2.20. The van der Waals surface area contributed by atoms with Gasteiger partial charge >= 0.3 is 5.97 Å². The van der Waals surface area contributed by atoms with Gasteiger partial charge in [-0.05, 0) is 19.8 Å². The van der Waals surface area contributed by atoms with E-state index in [1.807, 2.05) is 0 Å². The van der Waals surface area contributed by atoms with E-state index >= 15 is 0 Å². The molecule has 1 unspecified atom stereocenters. The van der Waals surface area contributed by atoms with Gasteiger partial charge in [-0.25, -0.2) is 0 Å². The van der Waals surface area contributed by atoms with Crippen molar-refractivity contribution in [3.05, 3.63) is 0 Å². The summed E-state index contributed by atoms with van der Waals surface area (Å²) in [5, 5.41) is 11.3. The first-order chi connectivity index (χ1) is 8.38. The molecule has 7 heteroatoms. The van der Waals surface area contributed by atoms with Crippen LogP contribution in [0.1, 0.15) is 26.2 Å². The zero-order valence-electron chi connectivity index (χ0n) is 9.93. The number of imide groups is 1. The Hall–Kier alpha value is -1.92. The summed E-state index contributed by atoms with van der Waals surface area (Å²) < 4.78 is 0. The van der Waals surface area contributed by atoms with Crippen molar-refractivity contribution in [3.8, 4) is 0 Å². The second kappa shape index (κ2) is 4.08.